The van der Waals surface area contributed by atoms with Gasteiger partial charge in [0.05, 0.1) is 12.6 Å². The fourth-order valence-electron chi connectivity index (χ4n) is 1.33. The van der Waals surface area contributed by atoms with Crippen molar-refractivity contribution in [3.8, 4) is 0 Å². The SMILES string of the molecule is CC(C)CC(N)C(=O)NCc1cccs1. The lowest BCUT2D eigenvalue weighted by Gasteiger charge is -2.13. The molecule has 84 valence electrons. The van der Waals surface area contributed by atoms with Crippen molar-refractivity contribution in [2.45, 2.75) is 32.9 Å². The molecular weight excluding hydrogens is 208 g/mol. The molecule has 0 aliphatic carbocycles. The number of carbonyl (C=O) groups is 1. The summed E-state index contributed by atoms with van der Waals surface area (Å²) in [5, 5.41) is 4.83. The second kappa shape index (κ2) is 5.88. The Morgan fingerprint density at radius 3 is 2.87 bits per heavy atom. The first-order valence-corrected chi connectivity index (χ1v) is 6.03. The van der Waals surface area contributed by atoms with Gasteiger partial charge in [0.1, 0.15) is 0 Å². The Balaban J connectivity index is 2.29. The summed E-state index contributed by atoms with van der Waals surface area (Å²) in [6.07, 6.45) is 0.732. The van der Waals surface area contributed by atoms with E-state index in [-0.39, 0.29) is 11.9 Å². The van der Waals surface area contributed by atoms with Crippen molar-refractivity contribution in [3.63, 3.8) is 0 Å². The van der Waals surface area contributed by atoms with E-state index in [1.807, 2.05) is 17.5 Å². The Hall–Kier alpha value is -0.870. The number of thiophene rings is 1. The number of carbonyl (C=O) groups excluding carboxylic acids is 1. The predicted octanol–water partition coefficient (Wildman–Crippen LogP) is 1.74. The smallest absolute Gasteiger partial charge is 0.237 e. The Labute approximate surface area is 94.7 Å². The molecule has 0 bridgehead atoms. The van der Waals surface area contributed by atoms with Gasteiger partial charge < -0.3 is 11.1 Å². The van der Waals surface area contributed by atoms with Gasteiger partial charge >= 0.3 is 0 Å². The molecule has 1 aromatic heterocycles. The summed E-state index contributed by atoms with van der Waals surface area (Å²) in [5.41, 5.74) is 5.75. The van der Waals surface area contributed by atoms with Gasteiger partial charge in [-0.1, -0.05) is 19.9 Å². The van der Waals surface area contributed by atoms with Crippen LogP contribution >= 0.6 is 11.3 Å². The molecule has 15 heavy (non-hydrogen) atoms. The number of rotatable bonds is 5. The largest absolute Gasteiger partial charge is 0.350 e. The fraction of sp³-hybridized carbons (Fsp3) is 0.545. The first-order valence-electron chi connectivity index (χ1n) is 5.15. The molecule has 1 unspecified atom stereocenters. The highest BCUT2D eigenvalue weighted by Crippen LogP contribution is 2.08. The van der Waals surface area contributed by atoms with Crippen LogP contribution in [-0.2, 0) is 11.3 Å². The van der Waals surface area contributed by atoms with E-state index >= 15 is 0 Å². The summed E-state index contributed by atoms with van der Waals surface area (Å²) < 4.78 is 0. The molecule has 0 radical (unpaired) electrons. The summed E-state index contributed by atoms with van der Waals surface area (Å²) in [6, 6.07) is 3.59. The highest BCUT2D eigenvalue weighted by atomic mass is 32.1. The second-order valence-electron chi connectivity index (χ2n) is 4.03. The Morgan fingerprint density at radius 2 is 2.33 bits per heavy atom. The van der Waals surface area contributed by atoms with E-state index in [1.165, 1.54) is 0 Å². The summed E-state index contributed by atoms with van der Waals surface area (Å²) in [4.78, 5) is 12.7. The van der Waals surface area contributed by atoms with Crippen molar-refractivity contribution < 1.29 is 4.79 Å². The Morgan fingerprint density at radius 1 is 1.60 bits per heavy atom. The molecule has 1 aromatic rings. The van der Waals surface area contributed by atoms with E-state index in [9.17, 15) is 4.79 Å². The van der Waals surface area contributed by atoms with Crippen LogP contribution in [0.1, 0.15) is 25.1 Å². The van der Waals surface area contributed by atoms with Gasteiger partial charge in [0, 0.05) is 4.88 Å². The minimum atomic E-state index is -0.384. The van der Waals surface area contributed by atoms with E-state index < -0.39 is 0 Å². The first-order chi connectivity index (χ1) is 7.09. The minimum Gasteiger partial charge on any atom is -0.350 e. The average molecular weight is 226 g/mol. The lowest BCUT2D eigenvalue weighted by atomic mass is 10.0. The molecule has 1 rings (SSSR count). The van der Waals surface area contributed by atoms with Gasteiger partial charge in [0.2, 0.25) is 5.91 Å². The quantitative estimate of drug-likeness (QED) is 0.803. The Bertz CT molecular complexity index is 296. The van der Waals surface area contributed by atoms with Gasteiger partial charge in [-0.25, -0.2) is 0 Å². The first kappa shape index (κ1) is 12.2. The summed E-state index contributed by atoms with van der Waals surface area (Å²) >= 11 is 1.63. The number of nitrogens with one attached hydrogen (secondary N) is 1. The fourth-order valence-corrected chi connectivity index (χ4v) is 1.98. The lowest BCUT2D eigenvalue weighted by Crippen LogP contribution is -2.40. The zero-order chi connectivity index (χ0) is 11.3. The van der Waals surface area contributed by atoms with Crippen LogP contribution in [0.4, 0.5) is 0 Å². The third-order valence-corrected chi connectivity index (χ3v) is 2.96. The van der Waals surface area contributed by atoms with Crippen LogP contribution in [0.25, 0.3) is 0 Å². The van der Waals surface area contributed by atoms with Crippen molar-refractivity contribution in [3.05, 3.63) is 22.4 Å². The molecule has 0 aromatic carbocycles. The molecule has 4 heteroatoms. The standard InChI is InChI=1S/C11H18N2OS/c1-8(2)6-10(12)11(14)13-7-9-4-3-5-15-9/h3-5,8,10H,6-7,12H2,1-2H3,(H,13,14). The summed E-state index contributed by atoms with van der Waals surface area (Å²) in [6.45, 7) is 4.71. The van der Waals surface area contributed by atoms with Crippen LogP contribution in [-0.4, -0.2) is 11.9 Å². The monoisotopic (exact) mass is 226 g/mol. The maximum atomic E-state index is 11.5. The lowest BCUT2D eigenvalue weighted by molar-refractivity contribution is -0.122. The number of nitrogens with two attached hydrogens (primary N) is 1. The normalized spacial score (nSPS) is 12.8. The topological polar surface area (TPSA) is 55.1 Å². The third-order valence-electron chi connectivity index (χ3n) is 2.08. The van der Waals surface area contributed by atoms with Crippen LogP contribution in [0.2, 0.25) is 0 Å². The van der Waals surface area contributed by atoms with Gasteiger partial charge in [-0.3, -0.25) is 4.79 Å². The number of amides is 1. The second-order valence-corrected chi connectivity index (χ2v) is 5.07. The van der Waals surface area contributed by atoms with Crippen LogP contribution in [0, 0.1) is 5.92 Å². The molecular formula is C11H18N2OS. The van der Waals surface area contributed by atoms with Crippen LogP contribution in [0.3, 0.4) is 0 Å². The third kappa shape index (κ3) is 4.44. The zero-order valence-electron chi connectivity index (χ0n) is 9.19. The zero-order valence-corrected chi connectivity index (χ0v) is 10.0. The maximum Gasteiger partial charge on any atom is 0.237 e. The molecule has 0 aliphatic rings. The molecule has 0 aliphatic heterocycles. The highest BCUT2D eigenvalue weighted by molar-refractivity contribution is 7.09. The molecule has 0 saturated heterocycles. The van der Waals surface area contributed by atoms with Gasteiger partial charge in [-0.15, -0.1) is 11.3 Å². The van der Waals surface area contributed by atoms with Crippen LogP contribution in [0.5, 0.6) is 0 Å². The van der Waals surface area contributed by atoms with E-state index in [0.29, 0.717) is 12.5 Å². The van der Waals surface area contributed by atoms with Gasteiger partial charge in [0.15, 0.2) is 0 Å². The van der Waals surface area contributed by atoms with E-state index in [0.717, 1.165) is 11.3 Å². The molecule has 3 nitrogen and oxygen atoms in total. The molecule has 1 heterocycles. The van der Waals surface area contributed by atoms with E-state index in [1.54, 1.807) is 11.3 Å². The molecule has 0 spiro atoms. The van der Waals surface area contributed by atoms with Crippen molar-refractivity contribution in [1.29, 1.82) is 0 Å². The number of hydrogen-bond donors (Lipinski definition) is 2. The summed E-state index contributed by atoms with van der Waals surface area (Å²) in [5.74, 6) is 0.393. The highest BCUT2D eigenvalue weighted by Gasteiger charge is 2.14. The predicted molar refractivity (Wildman–Crippen MR) is 63.6 cm³/mol. The van der Waals surface area contributed by atoms with E-state index in [2.05, 4.69) is 19.2 Å². The van der Waals surface area contributed by atoms with Crippen molar-refractivity contribution in [2.24, 2.45) is 11.7 Å². The molecule has 1 amide bonds. The van der Waals surface area contributed by atoms with E-state index in [4.69, 9.17) is 5.73 Å². The van der Waals surface area contributed by atoms with Crippen LogP contribution < -0.4 is 11.1 Å². The summed E-state index contributed by atoms with van der Waals surface area (Å²) in [7, 11) is 0. The average Bonchev–Trinajstić information content (AvgIpc) is 2.65. The molecule has 1 atom stereocenters. The van der Waals surface area contributed by atoms with Crippen molar-refractivity contribution in [2.75, 3.05) is 0 Å². The molecule has 0 saturated carbocycles. The Kier molecular flexibility index (Phi) is 4.78. The minimum absolute atomic E-state index is 0.0582. The van der Waals surface area contributed by atoms with Crippen molar-refractivity contribution >= 4 is 17.2 Å². The van der Waals surface area contributed by atoms with Crippen molar-refractivity contribution in [1.82, 2.24) is 5.32 Å². The van der Waals surface area contributed by atoms with Gasteiger partial charge in [-0.2, -0.15) is 0 Å². The van der Waals surface area contributed by atoms with Crippen LogP contribution in [0.15, 0.2) is 17.5 Å². The maximum absolute atomic E-state index is 11.5. The molecule has 3 N–H and O–H groups in total. The van der Waals surface area contributed by atoms with Gasteiger partial charge in [0.25, 0.3) is 0 Å². The number of hydrogen-bond acceptors (Lipinski definition) is 3. The molecule has 0 fully saturated rings. The van der Waals surface area contributed by atoms with Gasteiger partial charge in [-0.05, 0) is 23.8 Å².